The fourth-order valence-corrected chi connectivity index (χ4v) is 4.31. The molecular weight excluding hydrogens is 380 g/mol. The lowest BCUT2D eigenvalue weighted by atomic mass is 10.2. The van der Waals surface area contributed by atoms with Gasteiger partial charge in [-0.25, -0.2) is 8.42 Å². The maximum Gasteiger partial charge on any atom is 0.261 e. The van der Waals surface area contributed by atoms with Crippen LogP contribution in [-0.2, 0) is 10.0 Å². The number of benzene rings is 2. The molecule has 0 aromatic heterocycles. The molecule has 1 amide bonds. The fraction of sp³-hybridized carbons (Fsp3) is 0.350. The van der Waals surface area contributed by atoms with Gasteiger partial charge in [-0.1, -0.05) is 45.0 Å². The highest BCUT2D eigenvalue weighted by molar-refractivity contribution is 8.00. The van der Waals surface area contributed by atoms with E-state index in [1.807, 2.05) is 19.1 Å². The van der Waals surface area contributed by atoms with Crippen molar-refractivity contribution in [3.63, 3.8) is 0 Å². The van der Waals surface area contributed by atoms with E-state index in [0.29, 0.717) is 17.8 Å². The number of carbonyl (C=O) groups excluding carboxylic acids is 1. The van der Waals surface area contributed by atoms with Gasteiger partial charge in [-0.3, -0.25) is 9.52 Å². The second-order valence-electron chi connectivity index (χ2n) is 7.16. The molecule has 7 heteroatoms. The van der Waals surface area contributed by atoms with Crippen LogP contribution in [0.2, 0.25) is 0 Å². The molecule has 0 unspecified atom stereocenters. The molecule has 5 nitrogen and oxygen atoms in total. The summed E-state index contributed by atoms with van der Waals surface area (Å²) in [5.74, 6) is 0.514. The van der Waals surface area contributed by atoms with Crippen LogP contribution in [0.1, 0.15) is 36.7 Å². The Morgan fingerprint density at radius 2 is 1.78 bits per heavy atom. The summed E-state index contributed by atoms with van der Waals surface area (Å²) in [7, 11) is -3.77. The minimum atomic E-state index is -3.77. The van der Waals surface area contributed by atoms with Crippen LogP contribution in [0.5, 0.6) is 0 Å². The van der Waals surface area contributed by atoms with E-state index in [1.54, 1.807) is 36.0 Å². The molecule has 0 aliphatic carbocycles. The van der Waals surface area contributed by atoms with Crippen molar-refractivity contribution in [1.29, 1.82) is 0 Å². The van der Waals surface area contributed by atoms with Crippen LogP contribution < -0.4 is 10.0 Å². The summed E-state index contributed by atoms with van der Waals surface area (Å²) in [4.78, 5) is 12.4. The van der Waals surface area contributed by atoms with Crippen molar-refractivity contribution < 1.29 is 13.2 Å². The molecule has 0 radical (unpaired) electrons. The maximum absolute atomic E-state index is 12.7. The average molecular weight is 407 g/mol. The topological polar surface area (TPSA) is 75.3 Å². The number of aryl methyl sites for hydroxylation is 1. The average Bonchev–Trinajstić information content (AvgIpc) is 2.60. The van der Waals surface area contributed by atoms with E-state index in [-0.39, 0.29) is 15.5 Å². The Hall–Kier alpha value is -1.99. The summed E-state index contributed by atoms with van der Waals surface area (Å²) >= 11 is 1.76. The maximum atomic E-state index is 12.7. The third kappa shape index (κ3) is 6.59. The lowest BCUT2D eigenvalue weighted by Gasteiger charge is -2.17. The molecule has 0 aliphatic rings. The number of sulfonamides is 1. The number of nitrogens with one attached hydrogen (secondary N) is 2. The normalized spacial score (nSPS) is 11.9. The molecule has 0 atom stereocenters. The summed E-state index contributed by atoms with van der Waals surface area (Å²) in [6, 6.07) is 13.2. The zero-order valence-electron chi connectivity index (χ0n) is 16.1. The van der Waals surface area contributed by atoms with Gasteiger partial charge in [0.1, 0.15) is 0 Å². The van der Waals surface area contributed by atoms with E-state index in [0.717, 1.165) is 11.3 Å². The lowest BCUT2D eigenvalue weighted by molar-refractivity contribution is 0.0956. The van der Waals surface area contributed by atoms with Crippen LogP contribution in [0.25, 0.3) is 0 Å². The van der Waals surface area contributed by atoms with E-state index in [4.69, 9.17) is 0 Å². The molecule has 146 valence electrons. The predicted molar refractivity (Wildman–Crippen MR) is 113 cm³/mol. The first kappa shape index (κ1) is 21.3. The highest BCUT2D eigenvalue weighted by Crippen LogP contribution is 2.22. The Kier molecular flexibility index (Phi) is 6.95. The third-order valence-electron chi connectivity index (χ3n) is 3.72. The molecular formula is C20H26N2O3S2. The van der Waals surface area contributed by atoms with Crippen molar-refractivity contribution in [2.75, 3.05) is 17.0 Å². The molecule has 0 heterocycles. The van der Waals surface area contributed by atoms with Gasteiger partial charge in [0.05, 0.1) is 10.6 Å². The minimum absolute atomic E-state index is 0.0578. The van der Waals surface area contributed by atoms with Crippen molar-refractivity contribution in [3.8, 4) is 0 Å². The predicted octanol–water partition coefficient (Wildman–Crippen LogP) is 4.06. The number of amides is 1. The van der Waals surface area contributed by atoms with Crippen LogP contribution in [0.4, 0.5) is 5.69 Å². The molecule has 0 saturated carbocycles. The molecule has 2 rings (SSSR count). The van der Waals surface area contributed by atoms with Crippen molar-refractivity contribution in [2.24, 2.45) is 0 Å². The van der Waals surface area contributed by atoms with Gasteiger partial charge < -0.3 is 5.32 Å². The van der Waals surface area contributed by atoms with Gasteiger partial charge in [-0.05, 0) is 36.8 Å². The molecule has 2 aromatic carbocycles. The number of para-hydroxylation sites is 1. The number of hydrogen-bond donors (Lipinski definition) is 2. The third-order valence-corrected chi connectivity index (χ3v) is 6.36. The Balaban J connectivity index is 2.07. The van der Waals surface area contributed by atoms with Crippen LogP contribution in [0, 0.1) is 6.92 Å². The standard InChI is InChI=1S/C20H26N2O3S2/c1-15-8-5-6-11-18(15)22-27(24,25)17-10-7-9-16(14-17)19(23)21-12-13-26-20(2,3)4/h5-11,14,22H,12-13H2,1-4H3,(H,21,23). The first-order valence-corrected chi connectivity index (χ1v) is 11.2. The second-order valence-corrected chi connectivity index (χ2v) is 10.8. The van der Waals surface area contributed by atoms with Crippen molar-refractivity contribution >= 4 is 33.4 Å². The monoisotopic (exact) mass is 406 g/mol. The molecule has 0 fully saturated rings. The number of anilines is 1. The lowest BCUT2D eigenvalue weighted by Crippen LogP contribution is -2.27. The van der Waals surface area contributed by atoms with Crippen LogP contribution in [-0.4, -0.2) is 31.4 Å². The number of carbonyl (C=O) groups is 1. The SMILES string of the molecule is Cc1ccccc1NS(=O)(=O)c1cccc(C(=O)NCCSC(C)(C)C)c1. The first-order chi connectivity index (χ1) is 12.6. The van der Waals surface area contributed by atoms with Gasteiger partial charge in [-0.2, -0.15) is 11.8 Å². The van der Waals surface area contributed by atoms with Crippen molar-refractivity contribution in [2.45, 2.75) is 37.3 Å². The number of hydrogen-bond acceptors (Lipinski definition) is 4. The largest absolute Gasteiger partial charge is 0.351 e. The van der Waals surface area contributed by atoms with Crippen LogP contribution >= 0.6 is 11.8 Å². The first-order valence-electron chi connectivity index (χ1n) is 8.69. The van der Waals surface area contributed by atoms with Crippen molar-refractivity contribution in [3.05, 3.63) is 59.7 Å². The molecule has 2 N–H and O–H groups in total. The zero-order valence-corrected chi connectivity index (χ0v) is 17.7. The van der Waals surface area contributed by atoms with E-state index >= 15 is 0 Å². The summed E-state index contributed by atoms with van der Waals surface area (Å²) in [5, 5.41) is 2.83. The smallest absolute Gasteiger partial charge is 0.261 e. The highest BCUT2D eigenvalue weighted by atomic mass is 32.2. The molecule has 0 aliphatic heterocycles. The van der Waals surface area contributed by atoms with Crippen LogP contribution in [0.3, 0.4) is 0 Å². The zero-order chi connectivity index (χ0) is 20.1. The summed E-state index contributed by atoms with van der Waals surface area (Å²) in [6.07, 6.45) is 0. The molecule has 27 heavy (non-hydrogen) atoms. The summed E-state index contributed by atoms with van der Waals surface area (Å²) < 4.78 is 28.0. The Labute approximate surface area is 166 Å². The molecule has 0 bridgehead atoms. The van der Waals surface area contributed by atoms with Crippen LogP contribution in [0.15, 0.2) is 53.4 Å². The van der Waals surface area contributed by atoms with Gasteiger partial charge in [0, 0.05) is 22.6 Å². The highest BCUT2D eigenvalue weighted by Gasteiger charge is 2.17. The Bertz CT molecular complexity index is 903. The van der Waals surface area contributed by atoms with Gasteiger partial charge in [0.25, 0.3) is 15.9 Å². The van der Waals surface area contributed by atoms with Gasteiger partial charge in [-0.15, -0.1) is 0 Å². The molecule has 2 aromatic rings. The quantitative estimate of drug-likeness (QED) is 0.680. The van der Waals surface area contributed by atoms with E-state index < -0.39 is 10.0 Å². The Morgan fingerprint density at radius 1 is 1.07 bits per heavy atom. The molecule has 0 saturated heterocycles. The Morgan fingerprint density at radius 3 is 2.44 bits per heavy atom. The summed E-state index contributed by atoms with van der Waals surface area (Å²) in [5.41, 5.74) is 1.67. The van der Waals surface area contributed by atoms with E-state index in [9.17, 15) is 13.2 Å². The van der Waals surface area contributed by atoms with Gasteiger partial charge in [0.15, 0.2) is 0 Å². The van der Waals surface area contributed by atoms with E-state index in [1.165, 1.54) is 12.1 Å². The van der Waals surface area contributed by atoms with Crippen molar-refractivity contribution in [1.82, 2.24) is 5.32 Å². The van der Waals surface area contributed by atoms with Gasteiger partial charge in [0.2, 0.25) is 0 Å². The van der Waals surface area contributed by atoms with E-state index in [2.05, 4.69) is 30.8 Å². The second kappa shape index (κ2) is 8.80. The molecule has 0 spiro atoms. The number of thioether (sulfide) groups is 1. The summed E-state index contributed by atoms with van der Waals surface area (Å²) in [6.45, 7) is 8.72. The van der Waals surface area contributed by atoms with Gasteiger partial charge >= 0.3 is 0 Å². The number of rotatable bonds is 7. The fourth-order valence-electron chi connectivity index (χ4n) is 2.32. The minimum Gasteiger partial charge on any atom is -0.351 e.